The van der Waals surface area contributed by atoms with E-state index in [4.69, 9.17) is 4.99 Å². The summed E-state index contributed by atoms with van der Waals surface area (Å²) in [4.78, 5) is 10.0. The van der Waals surface area contributed by atoms with Crippen LogP contribution in [0.3, 0.4) is 0 Å². The molecule has 4 heteroatoms. The number of nitrogens with one attached hydrogen (secondary N) is 1. The summed E-state index contributed by atoms with van der Waals surface area (Å²) in [7, 11) is 0. The van der Waals surface area contributed by atoms with Gasteiger partial charge in [0.1, 0.15) is 11.7 Å². The Hall–Kier alpha value is -2.75. The van der Waals surface area contributed by atoms with Gasteiger partial charge in [-0.1, -0.05) is 76.9 Å². The zero-order valence-electron chi connectivity index (χ0n) is 21.6. The molecule has 0 aliphatic carbocycles. The van der Waals surface area contributed by atoms with E-state index in [1.54, 1.807) is 0 Å². The lowest BCUT2D eigenvalue weighted by Gasteiger charge is -2.26. The maximum atomic E-state index is 5.23. The molecule has 2 heterocycles. The van der Waals surface area contributed by atoms with Gasteiger partial charge < -0.3 is 15.1 Å². The molecule has 2 aliphatic rings. The zero-order chi connectivity index (χ0) is 24.0. The van der Waals surface area contributed by atoms with Crippen molar-refractivity contribution in [1.29, 1.82) is 0 Å². The van der Waals surface area contributed by atoms with Gasteiger partial charge in [-0.2, -0.15) is 0 Å². The molecule has 0 spiro atoms. The molecule has 2 atom stereocenters. The standard InChI is InChI=1S/C29H40N4/c1-20-9-13-22(14-10-20)32-18-24(28(3,4)5)30-26(32)17-27-31-25(29(6,7)8)19-33(27)23-15-11-21(2)12-16-23/h9-17,24-25,30H,18-19H2,1-8H3/b26-17+/t24-,25-/m0/s1. The lowest BCUT2D eigenvalue weighted by atomic mass is 9.87. The zero-order valence-corrected chi connectivity index (χ0v) is 21.6. The SMILES string of the molecule is Cc1ccc(N2C[C@@H](C(C)(C)C)N=C2/C=C2\N[C@H](C(C)(C)C)CN2c2ccc(C)cc2)cc1. The Balaban J connectivity index is 1.75. The number of nitrogens with zero attached hydrogens (tertiary/aromatic N) is 3. The van der Waals surface area contributed by atoms with Crippen LogP contribution in [0.15, 0.2) is 65.4 Å². The molecule has 0 radical (unpaired) electrons. The minimum absolute atomic E-state index is 0.108. The number of hydrogen-bond acceptors (Lipinski definition) is 4. The Bertz CT molecular complexity index is 1030. The summed E-state index contributed by atoms with van der Waals surface area (Å²) >= 11 is 0. The van der Waals surface area contributed by atoms with E-state index in [9.17, 15) is 0 Å². The molecule has 1 fully saturated rings. The predicted octanol–water partition coefficient (Wildman–Crippen LogP) is 6.30. The molecule has 2 aromatic rings. The molecule has 2 aromatic carbocycles. The number of aliphatic imine (C=N–C) groups is 1. The first kappa shape index (κ1) is 23.4. The van der Waals surface area contributed by atoms with Crippen molar-refractivity contribution < 1.29 is 0 Å². The molecule has 0 bridgehead atoms. The first-order valence-corrected chi connectivity index (χ1v) is 12.2. The van der Waals surface area contributed by atoms with Crippen LogP contribution in [0.5, 0.6) is 0 Å². The Morgan fingerprint density at radius 1 is 0.758 bits per heavy atom. The second-order valence-electron chi connectivity index (χ2n) is 11.9. The van der Waals surface area contributed by atoms with E-state index in [0.717, 1.165) is 24.7 Å². The summed E-state index contributed by atoms with van der Waals surface area (Å²) in [6, 6.07) is 18.2. The minimum atomic E-state index is 0.108. The Kier molecular flexibility index (Phi) is 6.07. The maximum Gasteiger partial charge on any atom is 0.132 e. The monoisotopic (exact) mass is 444 g/mol. The average molecular weight is 445 g/mol. The average Bonchev–Trinajstić information content (AvgIpc) is 3.34. The molecule has 1 N–H and O–H groups in total. The van der Waals surface area contributed by atoms with Gasteiger partial charge in [-0.3, -0.25) is 4.99 Å². The number of rotatable bonds is 3. The number of amidine groups is 1. The summed E-state index contributed by atoms with van der Waals surface area (Å²) in [5.74, 6) is 2.16. The fraction of sp³-hybridized carbons (Fsp3) is 0.483. The summed E-state index contributed by atoms with van der Waals surface area (Å²) in [6.45, 7) is 19.9. The van der Waals surface area contributed by atoms with Crippen LogP contribution in [0.25, 0.3) is 0 Å². The van der Waals surface area contributed by atoms with Crippen LogP contribution in [-0.2, 0) is 0 Å². The highest BCUT2D eigenvalue weighted by Gasteiger charge is 2.37. The van der Waals surface area contributed by atoms with Gasteiger partial charge in [-0.15, -0.1) is 0 Å². The molecular weight excluding hydrogens is 404 g/mol. The van der Waals surface area contributed by atoms with E-state index in [2.05, 4.69) is 125 Å². The van der Waals surface area contributed by atoms with Gasteiger partial charge in [0.15, 0.2) is 0 Å². The van der Waals surface area contributed by atoms with E-state index in [-0.39, 0.29) is 16.9 Å². The number of aryl methyl sites for hydroxylation is 2. The van der Waals surface area contributed by atoms with E-state index in [0.29, 0.717) is 6.04 Å². The molecule has 0 amide bonds. The molecule has 0 unspecified atom stereocenters. The quantitative estimate of drug-likeness (QED) is 0.602. The Labute approximate surface area is 200 Å². The van der Waals surface area contributed by atoms with E-state index in [1.165, 1.54) is 22.5 Å². The highest BCUT2D eigenvalue weighted by atomic mass is 15.3. The fourth-order valence-electron chi connectivity index (χ4n) is 4.37. The van der Waals surface area contributed by atoms with E-state index < -0.39 is 0 Å². The van der Waals surface area contributed by atoms with Crippen LogP contribution in [-0.4, -0.2) is 31.0 Å². The van der Waals surface area contributed by atoms with Crippen molar-refractivity contribution in [2.75, 3.05) is 22.9 Å². The smallest absolute Gasteiger partial charge is 0.132 e. The van der Waals surface area contributed by atoms with Crippen LogP contribution in [0.1, 0.15) is 52.7 Å². The summed E-state index contributed by atoms with van der Waals surface area (Å²) < 4.78 is 0. The van der Waals surface area contributed by atoms with Gasteiger partial charge in [-0.05, 0) is 48.9 Å². The van der Waals surface area contributed by atoms with Crippen LogP contribution in [0.4, 0.5) is 11.4 Å². The van der Waals surface area contributed by atoms with Crippen molar-refractivity contribution in [3.8, 4) is 0 Å². The molecule has 1 saturated heterocycles. The number of hydrogen-bond donors (Lipinski definition) is 1. The molecule has 2 aliphatic heterocycles. The van der Waals surface area contributed by atoms with Crippen LogP contribution >= 0.6 is 0 Å². The highest BCUT2D eigenvalue weighted by Crippen LogP contribution is 2.34. The van der Waals surface area contributed by atoms with Crippen LogP contribution < -0.4 is 15.1 Å². The van der Waals surface area contributed by atoms with Crippen LogP contribution in [0.2, 0.25) is 0 Å². The Morgan fingerprint density at radius 2 is 1.27 bits per heavy atom. The third-order valence-electron chi connectivity index (χ3n) is 6.90. The second kappa shape index (κ2) is 8.55. The molecule has 0 aromatic heterocycles. The number of benzene rings is 2. The summed E-state index contributed by atoms with van der Waals surface area (Å²) in [5, 5.41) is 3.84. The second-order valence-corrected chi connectivity index (χ2v) is 11.9. The molecule has 176 valence electrons. The van der Waals surface area contributed by atoms with Crippen molar-refractivity contribution in [1.82, 2.24) is 5.32 Å². The molecule has 4 rings (SSSR count). The van der Waals surface area contributed by atoms with Gasteiger partial charge >= 0.3 is 0 Å². The molecular formula is C29H40N4. The van der Waals surface area contributed by atoms with Crippen molar-refractivity contribution in [3.63, 3.8) is 0 Å². The van der Waals surface area contributed by atoms with Gasteiger partial charge in [0.2, 0.25) is 0 Å². The lowest BCUT2D eigenvalue weighted by molar-refractivity contribution is 0.313. The minimum Gasteiger partial charge on any atom is -0.366 e. The van der Waals surface area contributed by atoms with Crippen molar-refractivity contribution in [3.05, 3.63) is 71.6 Å². The first-order chi connectivity index (χ1) is 15.4. The molecule has 4 nitrogen and oxygen atoms in total. The van der Waals surface area contributed by atoms with E-state index >= 15 is 0 Å². The third-order valence-corrected chi connectivity index (χ3v) is 6.90. The van der Waals surface area contributed by atoms with Crippen molar-refractivity contribution >= 4 is 17.2 Å². The fourth-order valence-corrected chi connectivity index (χ4v) is 4.37. The normalized spacial score (nSPS) is 22.7. The predicted molar refractivity (Wildman–Crippen MR) is 142 cm³/mol. The van der Waals surface area contributed by atoms with Crippen LogP contribution in [0, 0.1) is 24.7 Å². The topological polar surface area (TPSA) is 30.9 Å². The Morgan fingerprint density at radius 3 is 1.76 bits per heavy atom. The largest absolute Gasteiger partial charge is 0.366 e. The van der Waals surface area contributed by atoms with Crippen molar-refractivity contribution in [2.45, 2.75) is 67.5 Å². The third kappa shape index (κ3) is 5.10. The van der Waals surface area contributed by atoms with Gasteiger partial charge in [0.05, 0.1) is 12.1 Å². The van der Waals surface area contributed by atoms with Gasteiger partial charge in [0, 0.05) is 30.5 Å². The van der Waals surface area contributed by atoms with E-state index in [1.807, 2.05) is 0 Å². The lowest BCUT2D eigenvalue weighted by Crippen LogP contribution is -2.37. The summed E-state index contributed by atoms with van der Waals surface area (Å²) in [5.41, 5.74) is 5.24. The highest BCUT2D eigenvalue weighted by molar-refractivity contribution is 6.08. The van der Waals surface area contributed by atoms with Crippen molar-refractivity contribution in [2.24, 2.45) is 15.8 Å². The first-order valence-electron chi connectivity index (χ1n) is 12.2. The summed E-state index contributed by atoms with van der Waals surface area (Å²) in [6.07, 6.45) is 2.26. The number of anilines is 2. The maximum absolute atomic E-state index is 5.23. The molecule has 0 saturated carbocycles. The molecule has 33 heavy (non-hydrogen) atoms. The van der Waals surface area contributed by atoms with Gasteiger partial charge in [-0.25, -0.2) is 0 Å². The van der Waals surface area contributed by atoms with Gasteiger partial charge in [0.25, 0.3) is 0 Å².